The van der Waals surface area contributed by atoms with Crippen LogP contribution < -0.4 is 4.74 Å². The molecule has 0 aliphatic rings. The summed E-state index contributed by atoms with van der Waals surface area (Å²) in [5.41, 5.74) is 1.52. The summed E-state index contributed by atoms with van der Waals surface area (Å²) in [6.45, 7) is 7.62. The Morgan fingerprint density at radius 3 is 2.07 bits per heavy atom. The first kappa shape index (κ1) is 12.1. The molecule has 0 aromatic heterocycles. The molecule has 0 saturated heterocycles. The summed E-state index contributed by atoms with van der Waals surface area (Å²) in [6.07, 6.45) is 0. The van der Waals surface area contributed by atoms with Crippen molar-refractivity contribution in [1.82, 2.24) is 4.90 Å². The quantitative estimate of drug-likeness (QED) is 0.755. The van der Waals surface area contributed by atoms with Crippen molar-refractivity contribution in [3.63, 3.8) is 0 Å². The van der Waals surface area contributed by atoms with Crippen molar-refractivity contribution in [3.05, 3.63) is 29.8 Å². The zero-order chi connectivity index (χ0) is 11.5. The average molecular weight is 207 g/mol. The first-order chi connectivity index (χ1) is 6.93. The van der Waals surface area contributed by atoms with Crippen LogP contribution in [-0.2, 0) is 6.54 Å². The van der Waals surface area contributed by atoms with Crippen LogP contribution in [0.2, 0.25) is 0 Å². The minimum atomic E-state index is 0.208. The van der Waals surface area contributed by atoms with E-state index >= 15 is 0 Å². The normalized spacial score (nSPS) is 11.9. The van der Waals surface area contributed by atoms with E-state index in [9.17, 15) is 0 Å². The topological polar surface area (TPSA) is 12.5 Å². The fraction of sp³-hybridized carbons (Fsp3) is 0.538. The van der Waals surface area contributed by atoms with Crippen molar-refractivity contribution >= 4 is 0 Å². The van der Waals surface area contributed by atoms with E-state index in [1.54, 1.807) is 7.11 Å². The molecule has 2 nitrogen and oxygen atoms in total. The molecule has 0 atom stereocenters. The molecule has 1 rings (SSSR count). The minimum Gasteiger partial charge on any atom is -0.497 e. The zero-order valence-corrected chi connectivity index (χ0v) is 10.4. The largest absolute Gasteiger partial charge is 0.497 e. The second-order valence-corrected chi connectivity index (χ2v) is 4.87. The highest BCUT2D eigenvalue weighted by Gasteiger charge is 2.16. The second-order valence-electron chi connectivity index (χ2n) is 4.87. The molecule has 0 aliphatic carbocycles. The first-order valence-corrected chi connectivity index (χ1v) is 5.27. The van der Waals surface area contributed by atoms with Crippen LogP contribution >= 0.6 is 0 Å². The predicted octanol–water partition coefficient (Wildman–Crippen LogP) is 2.93. The van der Waals surface area contributed by atoms with Crippen LogP contribution in [0.25, 0.3) is 0 Å². The smallest absolute Gasteiger partial charge is 0.118 e. The SMILES string of the molecule is COc1ccc(CN(C)C(C)(C)C)cc1. The lowest BCUT2D eigenvalue weighted by molar-refractivity contribution is 0.167. The standard InChI is InChI=1S/C13H21NO/c1-13(2,3)14(4)10-11-6-8-12(15-5)9-7-11/h6-9H,10H2,1-5H3. The van der Waals surface area contributed by atoms with Gasteiger partial charge in [0.15, 0.2) is 0 Å². The summed E-state index contributed by atoms with van der Waals surface area (Å²) < 4.78 is 5.13. The van der Waals surface area contributed by atoms with Gasteiger partial charge >= 0.3 is 0 Å². The number of ether oxygens (including phenoxy) is 1. The molecular formula is C13H21NO. The zero-order valence-electron chi connectivity index (χ0n) is 10.4. The van der Waals surface area contributed by atoms with Gasteiger partial charge in [0.2, 0.25) is 0 Å². The Bertz CT molecular complexity index is 297. The van der Waals surface area contributed by atoms with E-state index in [2.05, 4.69) is 44.9 Å². The molecular weight excluding hydrogens is 186 g/mol. The van der Waals surface area contributed by atoms with Crippen molar-refractivity contribution in [2.45, 2.75) is 32.9 Å². The molecule has 15 heavy (non-hydrogen) atoms. The Labute approximate surface area is 92.9 Å². The Kier molecular flexibility index (Phi) is 3.75. The second kappa shape index (κ2) is 4.67. The summed E-state index contributed by atoms with van der Waals surface area (Å²) >= 11 is 0. The minimum absolute atomic E-state index is 0.208. The highest BCUT2D eigenvalue weighted by atomic mass is 16.5. The predicted molar refractivity (Wildman–Crippen MR) is 64.2 cm³/mol. The van der Waals surface area contributed by atoms with E-state index in [0.29, 0.717) is 0 Å². The molecule has 2 heteroatoms. The van der Waals surface area contributed by atoms with Gasteiger partial charge in [-0.05, 0) is 45.5 Å². The lowest BCUT2D eigenvalue weighted by Gasteiger charge is -2.31. The van der Waals surface area contributed by atoms with E-state index in [1.807, 2.05) is 12.1 Å². The summed E-state index contributed by atoms with van der Waals surface area (Å²) in [4.78, 5) is 2.33. The molecule has 84 valence electrons. The van der Waals surface area contributed by atoms with Crippen molar-refractivity contribution in [2.24, 2.45) is 0 Å². The van der Waals surface area contributed by atoms with Crippen LogP contribution in [0, 0.1) is 0 Å². The molecule has 0 amide bonds. The average Bonchev–Trinajstić information content (AvgIpc) is 2.17. The van der Waals surface area contributed by atoms with Gasteiger partial charge in [0.05, 0.1) is 7.11 Å². The third-order valence-corrected chi connectivity index (χ3v) is 2.72. The van der Waals surface area contributed by atoms with E-state index in [1.165, 1.54) is 5.56 Å². The number of hydrogen-bond donors (Lipinski definition) is 0. The molecule has 1 aromatic carbocycles. The molecule has 0 saturated carbocycles. The Hall–Kier alpha value is -1.02. The Morgan fingerprint density at radius 2 is 1.67 bits per heavy atom. The van der Waals surface area contributed by atoms with Crippen LogP contribution in [0.5, 0.6) is 5.75 Å². The molecule has 0 heterocycles. The molecule has 0 aliphatic heterocycles. The highest BCUT2D eigenvalue weighted by molar-refractivity contribution is 5.27. The lowest BCUT2D eigenvalue weighted by Crippen LogP contribution is -2.37. The maximum absolute atomic E-state index is 5.13. The molecule has 0 bridgehead atoms. The fourth-order valence-electron chi connectivity index (χ4n) is 1.24. The number of benzene rings is 1. The van der Waals surface area contributed by atoms with Gasteiger partial charge in [-0.15, -0.1) is 0 Å². The third kappa shape index (κ3) is 3.56. The Balaban J connectivity index is 2.65. The molecule has 1 aromatic rings. The summed E-state index contributed by atoms with van der Waals surface area (Å²) in [6, 6.07) is 8.24. The van der Waals surface area contributed by atoms with Crippen molar-refractivity contribution in [1.29, 1.82) is 0 Å². The van der Waals surface area contributed by atoms with Crippen LogP contribution in [0.3, 0.4) is 0 Å². The maximum atomic E-state index is 5.13. The van der Waals surface area contributed by atoms with Crippen LogP contribution in [0.15, 0.2) is 24.3 Å². The Morgan fingerprint density at radius 1 is 1.13 bits per heavy atom. The van der Waals surface area contributed by atoms with Gasteiger partial charge in [-0.1, -0.05) is 12.1 Å². The fourth-order valence-corrected chi connectivity index (χ4v) is 1.24. The third-order valence-electron chi connectivity index (χ3n) is 2.72. The molecule has 0 radical (unpaired) electrons. The van der Waals surface area contributed by atoms with E-state index in [0.717, 1.165) is 12.3 Å². The van der Waals surface area contributed by atoms with Crippen molar-refractivity contribution in [2.75, 3.05) is 14.2 Å². The molecule has 0 spiro atoms. The summed E-state index contributed by atoms with van der Waals surface area (Å²) in [5.74, 6) is 0.914. The van der Waals surface area contributed by atoms with Crippen molar-refractivity contribution < 1.29 is 4.74 Å². The number of methoxy groups -OCH3 is 1. The van der Waals surface area contributed by atoms with Gasteiger partial charge in [-0.25, -0.2) is 0 Å². The summed E-state index contributed by atoms with van der Waals surface area (Å²) in [5, 5.41) is 0. The van der Waals surface area contributed by atoms with Crippen molar-refractivity contribution in [3.8, 4) is 5.75 Å². The monoisotopic (exact) mass is 207 g/mol. The van der Waals surface area contributed by atoms with Gasteiger partial charge in [-0.3, -0.25) is 4.90 Å². The maximum Gasteiger partial charge on any atom is 0.118 e. The number of nitrogens with zero attached hydrogens (tertiary/aromatic N) is 1. The van der Waals surface area contributed by atoms with Gasteiger partial charge in [0.1, 0.15) is 5.75 Å². The number of rotatable bonds is 3. The van der Waals surface area contributed by atoms with E-state index in [-0.39, 0.29) is 5.54 Å². The number of hydrogen-bond acceptors (Lipinski definition) is 2. The molecule has 0 fully saturated rings. The van der Waals surface area contributed by atoms with Gasteiger partial charge in [-0.2, -0.15) is 0 Å². The van der Waals surface area contributed by atoms with E-state index in [4.69, 9.17) is 4.74 Å². The van der Waals surface area contributed by atoms with Crippen LogP contribution in [0.1, 0.15) is 26.3 Å². The highest BCUT2D eigenvalue weighted by Crippen LogP contribution is 2.17. The van der Waals surface area contributed by atoms with Gasteiger partial charge in [0, 0.05) is 12.1 Å². The first-order valence-electron chi connectivity index (χ1n) is 5.27. The lowest BCUT2D eigenvalue weighted by atomic mass is 10.1. The molecule has 0 unspecified atom stereocenters. The van der Waals surface area contributed by atoms with Crippen LogP contribution in [0.4, 0.5) is 0 Å². The van der Waals surface area contributed by atoms with Gasteiger partial charge in [0.25, 0.3) is 0 Å². The molecule has 0 N–H and O–H groups in total. The van der Waals surface area contributed by atoms with Gasteiger partial charge < -0.3 is 4.74 Å². The van der Waals surface area contributed by atoms with E-state index < -0.39 is 0 Å². The summed E-state index contributed by atoms with van der Waals surface area (Å²) in [7, 11) is 3.83. The van der Waals surface area contributed by atoms with Crippen LogP contribution in [-0.4, -0.2) is 24.6 Å².